The number of anilines is 1. The normalized spacial score (nSPS) is 12.7. The molecular weight excluding hydrogens is 843 g/mol. The Labute approximate surface area is 330 Å². The SMILES string of the molecule is Nc1c(N=Nc2ccc3cc(S(=O)(=O)O)c(N=Nc4ccccc4C(=O)O)c(O)c3c2)cc(S(=O)(=O)O)c2cc(S(=O)(=O)O)c(N=Nc3ccccc3C(=O)O)c(O)c12. The van der Waals surface area contributed by atoms with Crippen LogP contribution in [0, 0.1) is 0 Å². The van der Waals surface area contributed by atoms with E-state index in [-0.39, 0.29) is 33.4 Å². The zero-order valence-corrected chi connectivity index (χ0v) is 31.4. The number of aromatic carboxylic acids is 2. The van der Waals surface area contributed by atoms with Crippen LogP contribution >= 0.6 is 0 Å². The number of carboxylic acids is 2. The molecule has 0 bridgehead atoms. The second-order valence-corrected chi connectivity index (χ2v) is 16.1. The molecule has 0 aliphatic rings. The minimum absolute atomic E-state index is 0.00919. The van der Waals surface area contributed by atoms with E-state index in [9.17, 15) is 68.9 Å². The third-order valence-corrected chi connectivity index (χ3v) is 10.9. The summed E-state index contributed by atoms with van der Waals surface area (Å²) < 4.78 is 105. The molecule has 9 N–H and O–H groups in total. The van der Waals surface area contributed by atoms with Crippen LogP contribution in [0.25, 0.3) is 21.5 Å². The summed E-state index contributed by atoms with van der Waals surface area (Å²) in [5.41, 5.74) is 1.79. The molecule has 0 aliphatic carbocycles. The molecule has 0 fully saturated rings. The summed E-state index contributed by atoms with van der Waals surface area (Å²) in [5, 5.41) is 62.4. The molecule has 6 aromatic carbocycles. The Balaban J connectivity index is 1.53. The fourth-order valence-corrected chi connectivity index (χ4v) is 7.59. The largest absolute Gasteiger partial charge is 0.505 e. The van der Waals surface area contributed by atoms with Crippen LogP contribution in [-0.2, 0) is 30.4 Å². The van der Waals surface area contributed by atoms with Crippen LogP contribution < -0.4 is 5.73 Å². The number of rotatable bonds is 11. The maximum atomic E-state index is 12.6. The van der Waals surface area contributed by atoms with Gasteiger partial charge in [-0.25, -0.2) is 9.59 Å². The lowest BCUT2D eigenvalue weighted by Crippen LogP contribution is -2.04. The molecule has 0 saturated heterocycles. The predicted octanol–water partition coefficient (Wildman–Crippen LogP) is 7.37. The van der Waals surface area contributed by atoms with Gasteiger partial charge in [0.2, 0.25) is 0 Å². The van der Waals surface area contributed by atoms with E-state index in [2.05, 4.69) is 30.7 Å². The van der Waals surface area contributed by atoms with Gasteiger partial charge in [-0.05, 0) is 60.0 Å². The molecule has 0 saturated carbocycles. The number of phenolic OH excluding ortho intramolecular Hbond substituents is 2. The molecule has 59 heavy (non-hydrogen) atoms. The number of phenols is 2. The number of carbonyl (C=O) groups is 2. The predicted molar refractivity (Wildman–Crippen MR) is 204 cm³/mol. The smallest absolute Gasteiger partial charge is 0.337 e. The number of benzene rings is 6. The third-order valence-electron chi connectivity index (χ3n) is 8.25. The Hall–Kier alpha value is -7.29. The molecule has 6 aromatic rings. The highest BCUT2D eigenvalue weighted by Crippen LogP contribution is 2.49. The summed E-state index contributed by atoms with van der Waals surface area (Å²) in [6.07, 6.45) is 0. The Morgan fingerprint density at radius 2 is 0.983 bits per heavy atom. The first kappa shape index (κ1) is 41.3. The van der Waals surface area contributed by atoms with Gasteiger partial charge in [-0.2, -0.15) is 30.4 Å². The van der Waals surface area contributed by atoms with Gasteiger partial charge in [0.1, 0.15) is 43.1 Å². The van der Waals surface area contributed by atoms with Crippen LogP contribution in [0.5, 0.6) is 11.5 Å². The Morgan fingerprint density at radius 1 is 0.508 bits per heavy atom. The quantitative estimate of drug-likeness (QED) is 0.0358. The van der Waals surface area contributed by atoms with Crippen molar-refractivity contribution >= 4 is 104 Å². The number of fused-ring (bicyclic) bond motifs is 2. The topological polar surface area (TPSA) is 378 Å². The van der Waals surface area contributed by atoms with Gasteiger partial charge in [-0.3, -0.25) is 13.7 Å². The molecule has 0 heterocycles. The van der Waals surface area contributed by atoms with Crippen LogP contribution in [-0.4, -0.2) is 71.3 Å². The number of aromatic hydroxyl groups is 2. The summed E-state index contributed by atoms with van der Waals surface area (Å²) in [5.74, 6) is -4.95. The number of hydrogen-bond donors (Lipinski definition) is 8. The summed E-state index contributed by atoms with van der Waals surface area (Å²) in [6, 6.07) is 15.9. The summed E-state index contributed by atoms with van der Waals surface area (Å²) in [4.78, 5) is 20.0. The van der Waals surface area contributed by atoms with Gasteiger partial charge in [0.05, 0.1) is 27.9 Å². The molecule has 0 atom stereocenters. The van der Waals surface area contributed by atoms with Gasteiger partial charge in [-0.15, -0.1) is 25.6 Å². The fraction of sp³-hybridized carbons (Fsp3) is 0. The number of nitrogens with zero attached hydrogens (tertiary/aromatic N) is 6. The van der Waals surface area contributed by atoms with Crippen LogP contribution in [0.3, 0.4) is 0 Å². The van der Waals surface area contributed by atoms with E-state index >= 15 is 0 Å². The van der Waals surface area contributed by atoms with Crippen molar-refractivity contribution in [1.82, 2.24) is 0 Å². The van der Waals surface area contributed by atoms with Crippen LogP contribution in [0.4, 0.5) is 39.8 Å². The van der Waals surface area contributed by atoms with Gasteiger partial charge in [0.15, 0.2) is 11.5 Å². The van der Waals surface area contributed by atoms with Crippen molar-refractivity contribution in [2.75, 3.05) is 5.73 Å². The fourth-order valence-electron chi connectivity index (χ4n) is 5.59. The number of azo groups is 3. The summed E-state index contributed by atoms with van der Waals surface area (Å²) in [6.45, 7) is 0. The number of nitrogen functional groups attached to an aromatic ring is 1. The highest BCUT2D eigenvalue weighted by Gasteiger charge is 2.29. The lowest BCUT2D eigenvalue weighted by atomic mass is 10.0. The van der Waals surface area contributed by atoms with Gasteiger partial charge in [0, 0.05) is 10.8 Å². The van der Waals surface area contributed by atoms with E-state index < -0.39 is 108 Å². The molecule has 25 heteroatoms. The van der Waals surface area contributed by atoms with Crippen molar-refractivity contribution in [1.29, 1.82) is 0 Å². The number of hydrogen-bond acceptors (Lipinski definition) is 17. The molecule has 6 rings (SSSR count). The monoisotopic (exact) mass is 865 g/mol. The first-order valence-electron chi connectivity index (χ1n) is 15.8. The van der Waals surface area contributed by atoms with Crippen molar-refractivity contribution in [3.8, 4) is 11.5 Å². The highest BCUT2D eigenvalue weighted by molar-refractivity contribution is 7.86. The highest BCUT2D eigenvalue weighted by atomic mass is 32.2. The van der Waals surface area contributed by atoms with Gasteiger partial charge >= 0.3 is 11.9 Å². The maximum absolute atomic E-state index is 12.6. The van der Waals surface area contributed by atoms with Gasteiger partial charge in [0.25, 0.3) is 30.4 Å². The van der Waals surface area contributed by atoms with Crippen molar-refractivity contribution in [3.63, 3.8) is 0 Å². The number of nitrogens with two attached hydrogens (primary N) is 1. The van der Waals surface area contributed by atoms with Crippen LogP contribution in [0.15, 0.2) is 130 Å². The summed E-state index contributed by atoms with van der Waals surface area (Å²) >= 11 is 0. The molecule has 0 spiro atoms. The Kier molecular flexibility index (Phi) is 10.7. The summed E-state index contributed by atoms with van der Waals surface area (Å²) in [7, 11) is -15.8. The average molecular weight is 866 g/mol. The van der Waals surface area contributed by atoms with Crippen molar-refractivity contribution < 1.29 is 68.9 Å². The maximum Gasteiger partial charge on any atom is 0.337 e. The lowest BCUT2D eigenvalue weighted by molar-refractivity contribution is 0.0687. The minimum Gasteiger partial charge on any atom is -0.505 e. The van der Waals surface area contributed by atoms with Gasteiger partial charge < -0.3 is 26.2 Å². The van der Waals surface area contributed by atoms with E-state index in [0.29, 0.717) is 12.1 Å². The van der Waals surface area contributed by atoms with Crippen molar-refractivity contribution in [3.05, 3.63) is 96.1 Å². The molecular formula is C34H23N7O15S3. The standard InChI is InChI=1S/C34H23N7O15S3/c35-28-23(14-24(57(48,49)50)20-13-26(59(54,55)56)30(32(43)27(20)28)41-38-22-8-4-2-6-18(22)34(46)47)39-36-16-10-9-15-11-25(58(51,52)53)29(31(42)19(15)12-16)40-37-21-7-3-1-5-17(21)33(44)45/h1-14,42-43H,35H2,(H,44,45)(H,46,47)(H,48,49,50)(H,51,52,53)(H,54,55,56). The Bertz CT molecular complexity index is 3250. The molecule has 0 unspecified atom stereocenters. The van der Waals surface area contributed by atoms with Crippen molar-refractivity contribution in [2.24, 2.45) is 30.7 Å². The van der Waals surface area contributed by atoms with Crippen LogP contribution in [0.1, 0.15) is 20.7 Å². The van der Waals surface area contributed by atoms with E-state index in [4.69, 9.17) is 5.73 Å². The van der Waals surface area contributed by atoms with E-state index in [1.807, 2.05) is 0 Å². The lowest BCUT2D eigenvalue weighted by Gasteiger charge is -2.14. The first-order chi connectivity index (χ1) is 27.6. The molecule has 0 radical (unpaired) electrons. The molecule has 22 nitrogen and oxygen atoms in total. The first-order valence-corrected chi connectivity index (χ1v) is 20.1. The van der Waals surface area contributed by atoms with Crippen LogP contribution in [0.2, 0.25) is 0 Å². The van der Waals surface area contributed by atoms with Gasteiger partial charge in [-0.1, -0.05) is 30.3 Å². The third kappa shape index (κ3) is 8.26. The van der Waals surface area contributed by atoms with E-state index in [1.54, 1.807) is 0 Å². The van der Waals surface area contributed by atoms with E-state index in [1.165, 1.54) is 54.6 Å². The molecule has 0 aromatic heterocycles. The Morgan fingerprint density at radius 3 is 1.49 bits per heavy atom. The van der Waals surface area contributed by atoms with E-state index in [0.717, 1.165) is 18.2 Å². The second kappa shape index (κ2) is 15.2. The average Bonchev–Trinajstić information content (AvgIpc) is 3.15. The van der Waals surface area contributed by atoms with Crippen molar-refractivity contribution in [2.45, 2.75) is 14.7 Å². The minimum atomic E-state index is -5.36. The molecule has 302 valence electrons. The zero-order chi connectivity index (χ0) is 43.2. The molecule has 0 amide bonds. The second-order valence-electron chi connectivity index (χ2n) is 11.9. The number of carboxylic acid groups (broad SMARTS) is 2. The molecule has 0 aliphatic heterocycles. The zero-order valence-electron chi connectivity index (χ0n) is 29.0.